The van der Waals surface area contributed by atoms with E-state index in [0.29, 0.717) is 11.5 Å². The van der Waals surface area contributed by atoms with Crippen molar-refractivity contribution in [2.45, 2.75) is 236 Å². The lowest BCUT2D eigenvalue weighted by atomic mass is 9.85. The molecule has 6 nitrogen and oxygen atoms in total. The molecule has 0 amide bonds. The molecule has 6 unspecified atom stereocenters. The van der Waals surface area contributed by atoms with Crippen LogP contribution in [0.5, 0.6) is 23.0 Å². The fourth-order valence-corrected chi connectivity index (χ4v) is 10.8. The highest BCUT2D eigenvalue weighted by molar-refractivity contribution is 7.48. The fraction of sp³-hybridized carbons (Fsp3) is 0.778. The molecule has 2 aliphatic rings. The number of aryl methyl sites for hydroxylation is 4. The molecule has 0 saturated heterocycles. The van der Waals surface area contributed by atoms with Gasteiger partial charge in [0.1, 0.15) is 34.2 Å². The van der Waals surface area contributed by atoms with Crippen LogP contribution in [0.4, 0.5) is 0 Å². The number of benzene rings is 2. The van der Waals surface area contributed by atoms with Crippen molar-refractivity contribution in [3.63, 3.8) is 0 Å². The Balaban J connectivity index is 1.21. The second-order valence-electron chi connectivity index (χ2n) is 21.9. The van der Waals surface area contributed by atoms with Gasteiger partial charge in [-0.3, -0.25) is 4.89 Å². The van der Waals surface area contributed by atoms with Gasteiger partial charge < -0.3 is 18.5 Å². The summed E-state index contributed by atoms with van der Waals surface area (Å²) in [5, 5.41) is 0. The van der Waals surface area contributed by atoms with Gasteiger partial charge in [0.25, 0.3) is 0 Å². The maximum absolute atomic E-state index is 13.4. The zero-order chi connectivity index (χ0) is 44.8. The number of hydrogen-bond donors (Lipinski definition) is 1. The van der Waals surface area contributed by atoms with E-state index < -0.39 is 7.82 Å². The minimum absolute atomic E-state index is 0.213. The lowest BCUT2D eigenvalue weighted by Gasteiger charge is -2.37. The van der Waals surface area contributed by atoms with Gasteiger partial charge in [-0.05, 0) is 161 Å². The number of rotatable bonds is 28. The third kappa shape index (κ3) is 18.1. The van der Waals surface area contributed by atoms with Gasteiger partial charge in [0.05, 0.1) is 0 Å². The van der Waals surface area contributed by atoms with Crippen LogP contribution in [0.1, 0.15) is 220 Å². The van der Waals surface area contributed by atoms with E-state index in [2.05, 4.69) is 69.2 Å². The van der Waals surface area contributed by atoms with Crippen LogP contribution < -0.4 is 18.5 Å². The molecule has 2 heterocycles. The number of ether oxygens (including phenoxy) is 2. The molecule has 0 bridgehead atoms. The van der Waals surface area contributed by atoms with Crippen LogP contribution in [0.25, 0.3) is 0 Å². The van der Waals surface area contributed by atoms with Gasteiger partial charge in [0, 0.05) is 0 Å². The molecule has 0 aliphatic carbocycles. The summed E-state index contributed by atoms with van der Waals surface area (Å²) >= 11 is 0. The molecule has 1 N–H and O–H groups in total. The van der Waals surface area contributed by atoms with E-state index in [0.717, 1.165) is 121 Å². The zero-order valence-electron chi connectivity index (χ0n) is 41.3. The summed E-state index contributed by atoms with van der Waals surface area (Å²) in [4.78, 5) is 11.0. The van der Waals surface area contributed by atoms with Crippen molar-refractivity contribution >= 4 is 7.82 Å². The molecule has 0 radical (unpaired) electrons. The molecule has 0 fully saturated rings. The third-order valence-corrected chi connectivity index (χ3v) is 15.1. The fourth-order valence-electron chi connectivity index (χ4n) is 10.0. The molecule has 0 saturated carbocycles. The topological polar surface area (TPSA) is 74.2 Å². The number of phosphoric acid groups is 1. The quantitative estimate of drug-likeness (QED) is 0.0859. The standard InChI is InChI=1S/C54H91O6P/c1-39(2)19-13-21-41(5)23-15-25-43(7)27-17-31-53(11)33-29-47-37-49(35-45(9)51(47)57-53)59-61(55,56)60-50-36-46(10)52-48(38-50)30-34-54(12,58-52)32-18-28-44(8)26-16-24-42(6)22-14-20-40(3)4/h35-44H,13-34H2,1-12H3,(H,55,56). The Morgan fingerprint density at radius 2 is 0.852 bits per heavy atom. The number of phosphoric ester groups is 1. The minimum atomic E-state index is -4.48. The van der Waals surface area contributed by atoms with Crippen LogP contribution in [0.2, 0.25) is 0 Å². The van der Waals surface area contributed by atoms with Crippen molar-refractivity contribution in [3.8, 4) is 23.0 Å². The van der Waals surface area contributed by atoms with Crippen LogP contribution in [0.15, 0.2) is 24.3 Å². The SMILES string of the molecule is Cc1cc(OP(=O)(O)Oc2cc(C)c3c(c2)CCC(C)(CCCC(C)CCCC(C)CCCC(C)C)O3)cc2c1OC(C)(CCCC(C)CCCC(C)CCCC(C)C)CC2. The van der Waals surface area contributed by atoms with Crippen LogP contribution in [-0.4, -0.2) is 16.1 Å². The van der Waals surface area contributed by atoms with Crippen LogP contribution >= 0.6 is 7.82 Å². The van der Waals surface area contributed by atoms with Crippen LogP contribution in [0.3, 0.4) is 0 Å². The largest absolute Gasteiger partial charge is 0.584 e. The maximum Gasteiger partial charge on any atom is 0.584 e. The highest BCUT2D eigenvalue weighted by atomic mass is 31.2. The Hall–Kier alpha value is -2.17. The van der Waals surface area contributed by atoms with Gasteiger partial charge in [-0.2, -0.15) is 0 Å². The summed E-state index contributed by atoms with van der Waals surface area (Å²) in [7, 11) is -4.48. The third-order valence-electron chi connectivity index (χ3n) is 14.2. The summed E-state index contributed by atoms with van der Waals surface area (Å²) in [5.74, 6) is 7.20. The van der Waals surface area contributed by atoms with E-state index in [1.54, 1.807) is 12.1 Å². The molecule has 2 aliphatic heterocycles. The first kappa shape index (κ1) is 51.5. The summed E-state index contributed by atoms with van der Waals surface area (Å²) in [5.41, 5.74) is 3.42. The molecule has 61 heavy (non-hydrogen) atoms. The Labute approximate surface area is 375 Å². The smallest absolute Gasteiger partial charge is 0.487 e. The summed E-state index contributed by atoms with van der Waals surface area (Å²) in [6.45, 7) is 27.4. The molecule has 6 atom stereocenters. The monoisotopic (exact) mass is 867 g/mol. The first-order valence-corrected chi connectivity index (χ1v) is 26.6. The molecular formula is C54H91O6P. The van der Waals surface area contributed by atoms with Gasteiger partial charge in [-0.1, -0.05) is 145 Å². The second kappa shape index (κ2) is 24.2. The molecule has 348 valence electrons. The zero-order valence-corrected chi connectivity index (χ0v) is 42.2. The van der Waals surface area contributed by atoms with Crippen molar-refractivity contribution in [2.75, 3.05) is 0 Å². The number of fused-ring (bicyclic) bond motifs is 2. The average Bonchev–Trinajstić information content (AvgIpc) is 3.15. The van der Waals surface area contributed by atoms with Crippen molar-refractivity contribution < 1.29 is 28.0 Å². The minimum Gasteiger partial charge on any atom is -0.487 e. The Morgan fingerprint density at radius 3 is 1.18 bits per heavy atom. The van der Waals surface area contributed by atoms with Gasteiger partial charge in [0.15, 0.2) is 0 Å². The molecule has 0 spiro atoms. The van der Waals surface area contributed by atoms with Crippen molar-refractivity contribution in [2.24, 2.45) is 35.5 Å². The summed E-state index contributed by atoms with van der Waals surface area (Å²) in [6, 6.07) is 7.30. The van der Waals surface area contributed by atoms with Gasteiger partial charge in [-0.15, -0.1) is 0 Å². The van der Waals surface area contributed by atoms with Gasteiger partial charge in [-0.25, -0.2) is 4.57 Å². The normalized spacial score (nSPS) is 21.8. The van der Waals surface area contributed by atoms with Gasteiger partial charge in [0.2, 0.25) is 0 Å². The molecule has 2 aromatic carbocycles. The van der Waals surface area contributed by atoms with Crippen molar-refractivity contribution in [3.05, 3.63) is 46.5 Å². The highest BCUT2D eigenvalue weighted by Crippen LogP contribution is 2.49. The molecule has 0 aromatic heterocycles. The van der Waals surface area contributed by atoms with E-state index in [9.17, 15) is 9.46 Å². The van der Waals surface area contributed by atoms with E-state index >= 15 is 0 Å². The summed E-state index contributed by atoms with van der Waals surface area (Å²) in [6.07, 6.45) is 26.5. The first-order valence-electron chi connectivity index (χ1n) is 25.1. The van der Waals surface area contributed by atoms with Crippen molar-refractivity contribution in [1.29, 1.82) is 0 Å². The van der Waals surface area contributed by atoms with Crippen molar-refractivity contribution in [1.82, 2.24) is 0 Å². The second-order valence-corrected chi connectivity index (χ2v) is 23.2. The Bertz CT molecular complexity index is 1550. The predicted octanol–water partition coefficient (Wildman–Crippen LogP) is 16.9. The molecular weight excluding hydrogens is 776 g/mol. The summed E-state index contributed by atoms with van der Waals surface area (Å²) < 4.78 is 38.3. The lowest BCUT2D eigenvalue weighted by molar-refractivity contribution is 0.0513. The molecule has 2 aromatic rings. The average molecular weight is 867 g/mol. The molecule has 4 rings (SSSR count). The first-order chi connectivity index (χ1) is 28.7. The lowest BCUT2D eigenvalue weighted by Crippen LogP contribution is -2.36. The van der Waals surface area contributed by atoms with E-state index in [1.807, 2.05) is 26.0 Å². The van der Waals surface area contributed by atoms with E-state index in [-0.39, 0.29) is 11.2 Å². The maximum atomic E-state index is 13.4. The van der Waals surface area contributed by atoms with E-state index in [4.69, 9.17) is 18.5 Å². The van der Waals surface area contributed by atoms with Crippen LogP contribution in [-0.2, 0) is 17.4 Å². The van der Waals surface area contributed by atoms with Crippen LogP contribution in [0, 0.1) is 49.4 Å². The van der Waals surface area contributed by atoms with Gasteiger partial charge >= 0.3 is 7.82 Å². The molecule has 7 heteroatoms. The Kier molecular flexibility index (Phi) is 20.4. The predicted molar refractivity (Wildman–Crippen MR) is 258 cm³/mol. The highest BCUT2D eigenvalue weighted by Gasteiger charge is 2.35. The number of hydrogen-bond acceptors (Lipinski definition) is 5. The van der Waals surface area contributed by atoms with E-state index in [1.165, 1.54) is 89.9 Å². The Morgan fingerprint density at radius 1 is 0.541 bits per heavy atom.